The highest BCUT2D eigenvalue weighted by molar-refractivity contribution is 7.15. The maximum absolute atomic E-state index is 11.6. The highest BCUT2D eigenvalue weighted by Gasteiger charge is 2.19. The van der Waals surface area contributed by atoms with Crippen LogP contribution < -0.4 is 10.7 Å². The molecule has 1 aliphatic heterocycles. The Morgan fingerprint density at radius 1 is 1.44 bits per heavy atom. The van der Waals surface area contributed by atoms with E-state index in [1.165, 1.54) is 11.3 Å². The van der Waals surface area contributed by atoms with Gasteiger partial charge in [-0.2, -0.15) is 5.10 Å². The first-order valence-electron chi connectivity index (χ1n) is 4.62. The standard InChI is InChI=1S/C8H9N5O2S/c1-4-10-13-8(16-4)9-7(15)5-2-3-6(14)12-11-5/h2-3H2,1H3,(H,12,14)(H,9,13,15). The second-order valence-electron chi connectivity index (χ2n) is 3.17. The molecule has 7 nitrogen and oxygen atoms in total. The fourth-order valence-corrected chi connectivity index (χ4v) is 1.74. The third-order valence-corrected chi connectivity index (χ3v) is 2.67. The molecule has 2 amide bonds. The summed E-state index contributed by atoms with van der Waals surface area (Å²) in [6.45, 7) is 1.80. The summed E-state index contributed by atoms with van der Waals surface area (Å²) in [6, 6.07) is 0. The number of aromatic nitrogens is 2. The lowest BCUT2D eigenvalue weighted by molar-refractivity contribution is -0.121. The number of hydrazone groups is 1. The Kier molecular flexibility index (Phi) is 2.91. The largest absolute Gasteiger partial charge is 0.295 e. The molecule has 2 N–H and O–H groups in total. The van der Waals surface area contributed by atoms with Crippen molar-refractivity contribution in [1.29, 1.82) is 0 Å². The molecule has 0 atom stereocenters. The summed E-state index contributed by atoms with van der Waals surface area (Å²) < 4.78 is 0. The van der Waals surface area contributed by atoms with Crippen LogP contribution in [-0.2, 0) is 9.59 Å². The van der Waals surface area contributed by atoms with Crippen molar-refractivity contribution in [2.24, 2.45) is 5.10 Å². The molecule has 16 heavy (non-hydrogen) atoms. The minimum atomic E-state index is -0.351. The van der Waals surface area contributed by atoms with Crippen LogP contribution in [0.4, 0.5) is 5.13 Å². The first-order valence-corrected chi connectivity index (χ1v) is 5.43. The topological polar surface area (TPSA) is 96.3 Å². The van der Waals surface area contributed by atoms with Crippen molar-refractivity contribution < 1.29 is 9.59 Å². The van der Waals surface area contributed by atoms with Crippen molar-refractivity contribution in [3.8, 4) is 0 Å². The van der Waals surface area contributed by atoms with E-state index in [1.807, 2.05) is 0 Å². The Morgan fingerprint density at radius 2 is 2.25 bits per heavy atom. The van der Waals surface area contributed by atoms with Gasteiger partial charge < -0.3 is 0 Å². The van der Waals surface area contributed by atoms with Gasteiger partial charge in [0.25, 0.3) is 5.91 Å². The predicted molar refractivity (Wildman–Crippen MR) is 58.1 cm³/mol. The minimum absolute atomic E-state index is 0.177. The summed E-state index contributed by atoms with van der Waals surface area (Å²) in [5.41, 5.74) is 2.56. The second-order valence-corrected chi connectivity index (χ2v) is 4.36. The fourth-order valence-electron chi connectivity index (χ4n) is 1.15. The van der Waals surface area contributed by atoms with Gasteiger partial charge in [-0.15, -0.1) is 10.2 Å². The number of hydrogen-bond donors (Lipinski definition) is 2. The molecule has 0 unspecified atom stereocenters. The monoisotopic (exact) mass is 239 g/mol. The SMILES string of the molecule is Cc1nnc(NC(=O)C2=NNC(=O)CC2)s1. The summed E-state index contributed by atoms with van der Waals surface area (Å²) in [6.07, 6.45) is 0.622. The van der Waals surface area contributed by atoms with Gasteiger partial charge in [-0.3, -0.25) is 14.9 Å². The third kappa shape index (κ3) is 2.40. The Hall–Kier alpha value is -1.83. The Labute approximate surface area is 95.0 Å². The van der Waals surface area contributed by atoms with Crippen LogP contribution in [0.15, 0.2) is 5.10 Å². The first kappa shape index (κ1) is 10.7. The van der Waals surface area contributed by atoms with Crippen LogP contribution in [0.2, 0.25) is 0 Å². The normalized spacial score (nSPS) is 15.3. The van der Waals surface area contributed by atoms with Crippen molar-refractivity contribution in [2.75, 3.05) is 5.32 Å². The molecule has 84 valence electrons. The van der Waals surface area contributed by atoms with Crippen molar-refractivity contribution in [3.05, 3.63) is 5.01 Å². The number of aryl methyl sites for hydroxylation is 1. The molecule has 0 spiro atoms. The molecule has 2 rings (SSSR count). The lowest BCUT2D eigenvalue weighted by Crippen LogP contribution is -2.32. The maximum atomic E-state index is 11.6. The van der Waals surface area contributed by atoms with E-state index in [-0.39, 0.29) is 18.2 Å². The lowest BCUT2D eigenvalue weighted by Gasteiger charge is -2.10. The van der Waals surface area contributed by atoms with Gasteiger partial charge in [-0.1, -0.05) is 11.3 Å². The summed E-state index contributed by atoms with van der Waals surface area (Å²) in [5.74, 6) is -0.528. The predicted octanol–water partition coefficient (Wildman–Crippen LogP) is 0.0510. The van der Waals surface area contributed by atoms with Crippen LogP contribution in [0.1, 0.15) is 17.8 Å². The maximum Gasteiger partial charge on any atom is 0.273 e. The van der Waals surface area contributed by atoms with Crippen LogP contribution in [-0.4, -0.2) is 27.7 Å². The minimum Gasteiger partial charge on any atom is -0.295 e. The molecular formula is C8H9N5O2S. The molecule has 0 saturated carbocycles. The summed E-state index contributed by atoms with van der Waals surface area (Å²) in [4.78, 5) is 22.5. The van der Waals surface area contributed by atoms with E-state index in [2.05, 4.69) is 26.0 Å². The van der Waals surface area contributed by atoms with Crippen molar-refractivity contribution in [1.82, 2.24) is 15.6 Å². The summed E-state index contributed by atoms with van der Waals surface area (Å²) >= 11 is 1.28. The van der Waals surface area contributed by atoms with E-state index in [1.54, 1.807) is 6.92 Å². The number of amides is 2. The number of anilines is 1. The number of carbonyl (C=O) groups excluding carboxylic acids is 2. The number of nitrogens with one attached hydrogen (secondary N) is 2. The fraction of sp³-hybridized carbons (Fsp3) is 0.375. The van der Waals surface area contributed by atoms with Gasteiger partial charge in [0.15, 0.2) is 0 Å². The van der Waals surface area contributed by atoms with Crippen LogP contribution >= 0.6 is 11.3 Å². The van der Waals surface area contributed by atoms with Gasteiger partial charge >= 0.3 is 0 Å². The molecule has 1 aromatic heterocycles. The Balaban J connectivity index is 2.01. The lowest BCUT2D eigenvalue weighted by atomic mass is 10.2. The molecule has 8 heteroatoms. The van der Waals surface area contributed by atoms with Crippen LogP contribution in [0.3, 0.4) is 0 Å². The Morgan fingerprint density at radius 3 is 2.81 bits per heavy atom. The molecule has 0 aromatic carbocycles. The molecule has 2 heterocycles. The molecule has 1 aromatic rings. The van der Waals surface area contributed by atoms with Crippen molar-refractivity contribution in [3.63, 3.8) is 0 Å². The number of rotatable bonds is 2. The van der Waals surface area contributed by atoms with Gasteiger partial charge in [0.05, 0.1) is 0 Å². The molecule has 0 radical (unpaired) electrons. The van der Waals surface area contributed by atoms with Gasteiger partial charge in [-0.25, -0.2) is 5.43 Å². The molecule has 1 aliphatic rings. The van der Waals surface area contributed by atoms with E-state index >= 15 is 0 Å². The third-order valence-electron chi connectivity index (χ3n) is 1.91. The summed E-state index contributed by atoms with van der Waals surface area (Å²) in [5, 5.41) is 15.0. The van der Waals surface area contributed by atoms with Crippen LogP contribution in [0.5, 0.6) is 0 Å². The molecule has 0 fully saturated rings. The highest BCUT2D eigenvalue weighted by Crippen LogP contribution is 2.14. The van der Waals surface area contributed by atoms with E-state index in [0.29, 0.717) is 17.3 Å². The van der Waals surface area contributed by atoms with Gasteiger partial charge in [-0.05, 0) is 6.92 Å². The smallest absolute Gasteiger partial charge is 0.273 e. The molecular weight excluding hydrogens is 230 g/mol. The quantitative estimate of drug-likeness (QED) is 0.762. The van der Waals surface area contributed by atoms with E-state index < -0.39 is 0 Å². The van der Waals surface area contributed by atoms with E-state index in [0.717, 1.165) is 5.01 Å². The average molecular weight is 239 g/mol. The first-order chi connectivity index (χ1) is 7.65. The highest BCUT2D eigenvalue weighted by atomic mass is 32.1. The zero-order valence-electron chi connectivity index (χ0n) is 8.48. The zero-order valence-corrected chi connectivity index (χ0v) is 9.30. The molecule has 0 saturated heterocycles. The van der Waals surface area contributed by atoms with Crippen molar-refractivity contribution in [2.45, 2.75) is 19.8 Å². The van der Waals surface area contributed by atoms with Gasteiger partial charge in [0, 0.05) is 12.8 Å². The van der Waals surface area contributed by atoms with Crippen LogP contribution in [0.25, 0.3) is 0 Å². The number of nitrogens with zero attached hydrogens (tertiary/aromatic N) is 3. The Bertz CT molecular complexity index is 467. The summed E-state index contributed by atoms with van der Waals surface area (Å²) in [7, 11) is 0. The molecule has 0 bridgehead atoms. The van der Waals surface area contributed by atoms with E-state index in [9.17, 15) is 9.59 Å². The second kappa shape index (κ2) is 4.35. The number of hydrogen-bond acceptors (Lipinski definition) is 6. The number of carbonyl (C=O) groups is 2. The molecule has 0 aliphatic carbocycles. The van der Waals surface area contributed by atoms with Gasteiger partial charge in [0.1, 0.15) is 10.7 Å². The van der Waals surface area contributed by atoms with Crippen molar-refractivity contribution >= 4 is 34.0 Å². The van der Waals surface area contributed by atoms with E-state index in [4.69, 9.17) is 0 Å². The zero-order chi connectivity index (χ0) is 11.5. The average Bonchev–Trinajstić information content (AvgIpc) is 2.65. The van der Waals surface area contributed by atoms with Gasteiger partial charge in [0.2, 0.25) is 11.0 Å². The van der Waals surface area contributed by atoms with Crippen LogP contribution in [0, 0.1) is 6.92 Å².